The molecule has 1 heterocycles. The predicted octanol–water partition coefficient (Wildman–Crippen LogP) is 4.79. The Bertz CT molecular complexity index is 1520. The number of amides is 2. The van der Waals surface area contributed by atoms with Crippen molar-refractivity contribution in [3.63, 3.8) is 0 Å². The van der Waals surface area contributed by atoms with Crippen molar-refractivity contribution in [3.05, 3.63) is 88.4 Å². The van der Waals surface area contributed by atoms with E-state index >= 15 is 0 Å². The summed E-state index contributed by atoms with van der Waals surface area (Å²) in [6, 6.07) is 20.9. The van der Waals surface area contributed by atoms with Gasteiger partial charge in [0.1, 0.15) is 25.8 Å². The highest BCUT2D eigenvalue weighted by Gasteiger charge is 2.34. The zero-order valence-corrected chi connectivity index (χ0v) is 27.1. The molecule has 0 saturated heterocycles. The number of nitrogens with zero attached hydrogens (tertiary/aromatic N) is 2. The number of benzene rings is 3. The second-order valence-corrected chi connectivity index (χ2v) is 13.8. The fourth-order valence-corrected chi connectivity index (χ4v) is 6.22. The molecule has 1 N–H and O–H groups in total. The fraction of sp³-hybridized carbons (Fsp3) is 0.375. The van der Waals surface area contributed by atoms with Gasteiger partial charge in [-0.15, -0.1) is 0 Å². The van der Waals surface area contributed by atoms with Crippen molar-refractivity contribution < 1.29 is 27.5 Å². The molecule has 1 aliphatic heterocycles. The summed E-state index contributed by atoms with van der Waals surface area (Å²) in [5, 5.41) is 2.99. The molecule has 230 valence electrons. The van der Waals surface area contributed by atoms with Crippen LogP contribution in [0.3, 0.4) is 0 Å². The molecule has 9 nitrogen and oxygen atoms in total. The summed E-state index contributed by atoms with van der Waals surface area (Å²) in [7, 11) is -3.89. The molecule has 0 aliphatic carbocycles. The number of nitrogens with one attached hydrogen (secondary N) is 1. The summed E-state index contributed by atoms with van der Waals surface area (Å²) in [6.07, 6.45) is 0.259. The van der Waals surface area contributed by atoms with Crippen molar-refractivity contribution in [1.82, 2.24) is 10.2 Å². The molecular formula is C32H38BrN3O6S. The van der Waals surface area contributed by atoms with E-state index in [1.54, 1.807) is 18.2 Å². The lowest BCUT2D eigenvalue weighted by atomic mass is 10.0. The number of carbonyl (C=O) groups is 2. The molecule has 1 aliphatic rings. The largest absolute Gasteiger partial charge is 0.486 e. The summed E-state index contributed by atoms with van der Waals surface area (Å²) in [6.45, 7) is 6.31. The van der Waals surface area contributed by atoms with Gasteiger partial charge in [-0.2, -0.15) is 0 Å². The lowest BCUT2D eigenvalue weighted by molar-refractivity contribution is -0.140. The maximum atomic E-state index is 14.3. The summed E-state index contributed by atoms with van der Waals surface area (Å²) in [5.41, 5.74) is 1.96. The summed E-state index contributed by atoms with van der Waals surface area (Å²) < 4.78 is 40.0. The third kappa shape index (κ3) is 8.73. The van der Waals surface area contributed by atoms with E-state index < -0.39 is 28.5 Å². The van der Waals surface area contributed by atoms with E-state index in [0.29, 0.717) is 31.3 Å². The summed E-state index contributed by atoms with van der Waals surface area (Å²) in [5.74, 6) is 0.0983. The van der Waals surface area contributed by atoms with Gasteiger partial charge in [-0.25, -0.2) is 8.42 Å². The molecule has 4 rings (SSSR count). The van der Waals surface area contributed by atoms with E-state index in [-0.39, 0.29) is 36.2 Å². The van der Waals surface area contributed by atoms with Gasteiger partial charge in [-0.05, 0) is 48.2 Å². The van der Waals surface area contributed by atoms with Crippen LogP contribution >= 0.6 is 15.9 Å². The molecule has 43 heavy (non-hydrogen) atoms. The van der Waals surface area contributed by atoms with Crippen molar-refractivity contribution in [3.8, 4) is 11.5 Å². The van der Waals surface area contributed by atoms with Gasteiger partial charge < -0.3 is 19.7 Å². The second-order valence-electron chi connectivity index (χ2n) is 10.7. The van der Waals surface area contributed by atoms with Crippen molar-refractivity contribution >= 4 is 43.5 Å². The Balaban J connectivity index is 1.74. The van der Waals surface area contributed by atoms with Gasteiger partial charge in [0, 0.05) is 30.0 Å². The van der Waals surface area contributed by atoms with Crippen LogP contribution < -0.4 is 19.1 Å². The first-order valence-electron chi connectivity index (χ1n) is 14.3. The Labute approximate surface area is 262 Å². The minimum atomic E-state index is -3.89. The number of halogens is 1. The van der Waals surface area contributed by atoms with E-state index in [1.807, 2.05) is 68.4 Å². The SMILES string of the molecule is CCS(=O)(=O)N(CC(=O)N(Cc1cccc(Br)c1)[C@@H](Cc1ccccc1)C(=O)NCC(C)C)c1ccc2c(c1)OCCO2. The number of anilines is 1. The highest BCUT2D eigenvalue weighted by Crippen LogP contribution is 2.35. The van der Waals surface area contributed by atoms with Gasteiger partial charge >= 0.3 is 0 Å². The average molecular weight is 673 g/mol. The van der Waals surface area contributed by atoms with E-state index in [0.717, 1.165) is 19.9 Å². The minimum absolute atomic E-state index is 0.103. The number of hydrogen-bond donors (Lipinski definition) is 1. The van der Waals surface area contributed by atoms with Crippen molar-refractivity contribution in [2.24, 2.45) is 5.92 Å². The molecule has 0 bridgehead atoms. The Morgan fingerprint density at radius 2 is 1.63 bits per heavy atom. The topological polar surface area (TPSA) is 105 Å². The lowest BCUT2D eigenvalue weighted by Gasteiger charge is -2.34. The highest BCUT2D eigenvalue weighted by atomic mass is 79.9. The van der Waals surface area contributed by atoms with Crippen LogP contribution in [0.15, 0.2) is 77.3 Å². The number of hydrogen-bond acceptors (Lipinski definition) is 6. The van der Waals surface area contributed by atoms with E-state index in [4.69, 9.17) is 9.47 Å². The average Bonchev–Trinajstić information content (AvgIpc) is 3.00. The third-order valence-electron chi connectivity index (χ3n) is 6.99. The maximum Gasteiger partial charge on any atom is 0.244 e. The first-order chi connectivity index (χ1) is 20.6. The molecule has 2 amide bonds. The first-order valence-corrected chi connectivity index (χ1v) is 16.7. The van der Waals surface area contributed by atoms with Gasteiger partial charge in [0.15, 0.2) is 11.5 Å². The molecule has 0 aromatic heterocycles. The molecule has 0 radical (unpaired) electrons. The Morgan fingerprint density at radius 1 is 0.930 bits per heavy atom. The second kappa shape index (κ2) is 14.7. The van der Waals surface area contributed by atoms with Crippen LogP contribution in [0, 0.1) is 5.92 Å². The Kier molecular flexibility index (Phi) is 11.1. The van der Waals surface area contributed by atoms with E-state index in [1.165, 1.54) is 11.8 Å². The highest BCUT2D eigenvalue weighted by molar-refractivity contribution is 9.10. The van der Waals surface area contributed by atoms with Crippen LogP contribution in [0.5, 0.6) is 11.5 Å². The smallest absolute Gasteiger partial charge is 0.244 e. The maximum absolute atomic E-state index is 14.3. The van der Waals surface area contributed by atoms with Gasteiger partial charge in [0.25, 0.3) is 0 Å². The number of ether oxygens (including phenoxy) is 2. The third-order valence-corrected chi connectivity index (χ3v) is 9.23. The Morgan fingerprint density at radius 3 is 2.30 bits per heavy atom. The molecule has 1 atom stereocenters. The van der Waals surface area contributed by atoms with Crippen LogP contribution in [0.4, 0.5) is 5.69 Å². The van der Waals surface area contributed by atoms with Gasteiger partial charge in [0.05, 0.1) is 11.4 Å². The molecule has 3 aromatic rings. The van der Waals surface area contributed by atoms with Gasteiger partial charge in [-0.1, -0.05) is 72.2 Å². The minimum Gasteiger partial charge on any atom is -0.486 e. The van der Waals surface area contributed by atoms with Crippen molar-refractivity contribution in [2.75, 3.05) is 36.4 Å². The standard InChI is InChI=1S/C32H38BrN3O6S/c1-4-43(39,40)36(27-13-14-29-30(19-27)42-16-15-41-29)22-31(37)35(21-25-11-8-12-26(33)17-25)28(32(38)34-20-23(2)3)18-24-9-6-5-7-10-24/h5-14,17,19,23,28H,4,15-16,18,20-22H2,1-3H3,(H,34,38)/t28-/m0/s1. The first kappa shape index (κ1) is 32.3. The fourth-order valence-electron chi connectivity index (χ4n) is 4.72. The van der Waals surface area contributed by atoms with Crippen LogP contribution in [0.2, 0.25) is 0 Å². The number of carbonyl (C=O) groups excluding carboxylic acids is 2. The van der Waals surface area contributed by atoms with Crippen LogP contribution in [0.1, 0.15) is 31.9 Å². The number of sulfonamides is 1. The molecular weight excluding hydrogens is 634 g/mol. The van der Waals surface area contributed by atoms with Crippen LogP contribution in [0.25, 0.3) is 0 Å². The summed E-state index contributed by atoms with van der Waals surface area (Å²) >= 11 is 3.49. The molecule has 0 saturated carbocycles. The van der Waals surface area contributed by atoms with E-state index in [2.05, 4.69) is 21.2 Å². The van der Waals surface area contributed by atoms with Crippen molar-refractivity contribution in [1.29, 1.82) is 0 Å². The molecule has 3 aromatic carbocycles. The van der Waals surface area contributed by atoms with Crippen LogP contribution in [-0.2, 0) is 32.6 Å². The zero-order chi connectivity index (χ0) is 31.0. The van der Waals surface area contributed by atoms with Crippen LogP contribution in [-0.4, -0.2) is 63.2 Å². The van der Waals surface area contributed by atoms with Gasteiger partial charge in [-0.3, -0.25) is 13.9 Å². The van der Waals surface area contributed by atoms with E-state index in [9.17, 15) is 18.0 Å². The quantitative estimate of drug-likeness (QED) is 0.280. The predicted molar refractivity (Wildman–Crippen MR) is 171 cm³/mol. The molecule has 0 spiro atoms. The summed E-state index contributed by atoms with van der Waals surface area (Å²) in [4.78, 5) is 29.5. The molecule has 0 unspecified atom stereocenters. The number of rotatable bonds is 13. The normalized spacial score (nSPS) is 13.3. The monoisotopic (exact) mass is 671 g/mol. The van der Waals surface area contributed by atoms with Crippen molar-refractivity contribution in [2.45, 2.75) is 39.8 Å². The molecule has 11 heteroatoms. The van der Waals surface area contributed by atoms with Gasteiger partial charge in [0.2, 0.25) is 21.8 Å². The lowest BCUT2D eigenvalue weighted by Crippen LogP contribution is -2.54. The Hall–Kier alpha value is -3.57. The number of fused-ring (bicyclic) bond motifs is 1. The molecule has 0 fully saturated rings. The zero-order valence-electron chi connectivity index (χ0n) is 24.7.